The minimum Gasteiger partial charge on any atom is -0.384 e. The van der Waals surface area contributed by atoms with Crippen LogP contribution in [0, 0.1) is 11.7 Å². The second-order valence-corrected chi connectivity index (χ2v) is 5.13. The summed E-state index contributed by atoms with van der Waals surface area (Å²) in [5.41, 5.74) is -0.578. The van der Waals surface area contributed by atoms with Gasteiger partial charge in [-0.2, -0.15) is 0 Å². The predicted octanol–water partition coefficient (Wildman–Crippen LogP) is 1.95. The maximum atomic E-state index is 12.8. The van der Waals surface area contributed by atoms with Crippen molar-refractivity contribution >= 4 is 5.91 Å². The molecule has 3 nitrogen and oxygen atoms in total. The first-order valence-electron chi connectivity index (χ1n) is 6.25. The van der Waals surface area contributed by atoms with Crippen molar-refractivity contribution < 1.29 is 14.3 Å². The van der Waals surface area contributed by atoms with Gasteiger partial charge in [0.05, 0.1) is 6.54 Å². The summed E-state index contributed by atoms with van der Waals surface area (Å²) in [5.74, 6) is -0.231. The van der Waals surface area contributed by atoms with Crippen molar-refractivity contribution in [3.05, 3.63) is 35.6 Å². The number of rotatable bonds is 4. The van der Waals surface area contributed by atoms with Crippen LogP contribution in [0.1, 0.15) is 31.7 Å². The molecule has 98 valence electrons. The zero-order valence-corrected chi connectivity index (χ0v) is 10.4. The molecule has 1 aliphatic carbocycles. The van der Waals surface area contributed by atoms with Crippen molar-refractivity contribution in [3.63, 3.8) is 0 Å². The number of carbonyl (C=O) groups excluding carboxylic acids is 1. The summed E-state index contributed by atoms with van der Waals surface area (Å²) in [7, 11) is 0. The van der Waals surface area contributed by atoms with Gasteiger partial charge in [-0.05, 0) is 37.5 Å². The van der Waals surface area contributed by atoms with Crippen molar-refractivity contribution in [1.29, 1.82) is 0 Å². The van der Waals surface area contributed by atoms with Gasteiger partial charge in [0.1, 0.15) is 11.4 Å². The van der Waals surface area contributed by atoms with Gasteiger partial charge in [-0.15, -0.1) is 0 Å². The Kier molecular flexibility index (Phi) is 3.66. The van der Waals surface area contributed by atoms with E-state index in [1.807, 2.05) is 0 Å². The smallest absolute Gasteiger partial charge is 0.223 e. The highest BCUT2D eigenvalue weighted by atomic mass is 19.1. The average molecular weight is 251 g/mol. The molecule has 1 aromatic rings. The van der Waals surface area contributed by atoms with Crippen LogP contribution >= 0.6 is 0 Å². The fraction of sp³-hybridized carbons (Fsp3) is 0.500. The SMILES string of the molecule is CC(O)(CNC(=O)C1CCC1)c1ccc(F)cc1. The number of hydrogen-bond acceptors (Lipinski definition) is 2. The third-order valence-electron chi connectivity index (χ3n) is 3.55. The van der Waals surface area contributed by atoms with Crippen LogP contribution in [-0.4, -0.2) is 17.6 Å². The zero-order valence-electron chi connectivity index (χ0n) is 10.4. The number of amides is 1. The van der Waals surface area contributed by atoms with Crippen molar-refractivity contribution in [2.45, 2.75) is 31.8 Å². The lowest BCUT2D eigenvalue weighted by Crippen LogP contribution is -2.42. The predicted molar refractivity (Wildman–Crippen MR) is 66.3 cm³/mol. The molecule has 0 heterocycles. The molecular weight excluding hydrogens is 233 g/mol. The lowest BCUT2D eigenvalue weighted by Gasteiger charge is -2.28. The Morgan fingerprint density at radius 3 is 2.56 bits per heavy atom. The third kappa shape index (κ3) is 2.88. The van der Waals surface area contributed by atoms with E-state index in [9.17, 15) is 14.3 Å². The highest BCUT2D eigenvalue weighted by Gasteiger charge is 2.28. The summed E-state index contributed by atoms with van der Waals surface area (Å²) >= 11 is 0. The van der Waals surface area contributed by atoms with Gasteiger partial charge in [0.2, 0.25) is 5.91 Å². The van der Waals surface area contributed by atoms with Crippen molar-refractivity contribution in [2.24, 2.45) is 5.92 Å². The highest BCUT2D eigenvalue weighted by molar-refractivity contribution is 5.79. The van der Waals surface area contributed by atoms with Crippen molar-refractivity contribution in [3.8, 4) is 0 Å². The van der Waals surface area contributed by atoms with Crippen LogP contribution in [0.3, 0.4) is 0 Å². The van der Waals surface area contributed by atoms with Gasteiger partial charge < -0.3 is 10.4 Å². The Balaban J connectivity index is 1.93. The van der Waals surface area contributed by atoms with Gasteiger partial charge in [-0.25, -0.2) is 4.39 Å². The van der Waals surface area contributed by atoms with Crippen LogP contribution in [0.25, 0.3) is 0 Å². The fourth-order valence-electron chi connectivity index (χ4n) is 1.99. The molecule has 1 fully saturated rings. The van der Waals surface area contributed by atoms with Crippen molar-refractivity contribution in [2.75, 3.05) is 6.54 Å². The van der Waals surface area contributed by atoms with Crippen LogP contribution < -0.4 is 5.32 Å². The quantitative estimate of drug-likeness (QED) is 0.859. The molecule has 1 saturated carbocycles. The van der Waals surface area contributed by atoms with E-state index in [0.717, 1.165) is 19.3 Å². The minimum atomic E-state index is -1.17. The van der Waals surface area contributed by atoms with Crippen LogP contribution in [-0.2, 0) is 10.4 Å². The maximum absolute atomic E-state index is 12.8. The molecule has 0 saturated heterocycles. The van der Waals surface area contributed by atoms with Gasteiger partial charge in [0.25, 0.3) is 0 Å². The number of aliphatic hydroxyl groups is 1. The minimum absolute atomic E-state index is 0.00337. The maximum Gasteiger partial charge on any atom is 0.223 e. The topological polar surface area (TPSA) is 49.3 Å². The summed E-state index contributed by atoms with van der Waals surface area (Å²) < 4.78 is 12.8. The average Bonchev–Trinajstić information content (AvgIpc) is 2.25. The van der Waals surface area contributed by atoms with E-state index in [-0.39, 0.29) is 24.2 Å². The highest BCUT2D eigenvalue weighted by Crippen LogP contribution is 2.27. The molecule has 0 radical (unpaired) electrons. The van der Waals surface area contributed by atoms with E-state index in [4.69, 9.17) is 0 Å². The molecule has 1 aromatic carbocycles. The summed E-state index contributed by atoms with van der Waals surface area (Å²) in [4.78, 5) is 11.7. The van der Waals surface area contributed by atoms with E-state index in [1.165, 1.54) is 24.3 Å². The first-order valence-corrected chi connectivity index (χ1v) is 6.25. The van der Waals surface area contributed by atoms with E-state index < -0.39 is 5.60 Å². The van der Waals surface area contributed by atoms with Crippen LogP contribution in [0.5, 0.6) is 0 Å². The Hall–Kier alpha value is -1.42. The van der Waals surface area contributed by atoms with E-state index >= 15 is 0 Å². The van der Waals surface area contributed by atoms with Crippen LogP contribution in [0.4, 0.5) is 4.39 Å². The van der Waals surface area contributed by atoms with Gasteiger partial charge >= 0.3 is 0 Å². The Bertz CT molecular complexity index is 424. The first kappa shape index (κ1) is 13.0. The van der Waals surface area contributed by atoms with Gasteiger partial charge in [0.15, 0.2) is 0 Å². The summed E-state index contributed by atoms with van der Waals surface area (Å²) in [6.45, 7) is 1.76. The summed E-state index contributed by atoms with van der Waals surface area (Å²) in [5, 5.41) is 13.0. The number of benzene rings is 1. The molecule has 18 heavy (non-hydrogen) atoms. The number of halogens is 1. The molecule has 1 amide bonds. The molecule has 2 rings (SSSR count). The molecule has 0 bridgehead atoms. The molecule has 1 atom stereocenters. The zero-order chi connectivity index (χ0) is 13.2. The van der Waals surface area contributed by atoms with Crippen LogP contribution in [0.15, 0.2) is 24.3 Å². The first-order chi connectivity index (χ1) is 8.49. The second-order valence-electron chi connectivity index (χ2n) is 5.13. The van der Waals surface area contributed by atoms with Gasteiger partial charge in [-0.3, -0.25) is 4.79 Å². The molecule has 2 N–H and O–H groups in total. The van der Waals surface area contributed by atoms with Gasteiger partial charge in [0, 0.05) is 5.92 Å². The molecule has 1 aliphatic rings. The third-order valence-corrected chi connectivity index (χ3v) is 3.55. The number of hydrogen-bond donors (Lipinski definition) is 2. The van der Waals surface area contributed by atoms with E-state index in [2.05, 4.69) is 5.32 Å². The van der Waals surface area contributed by atoms with Gasteiger partial charge in [-0.1, -0.05) is 18.6 Å². The van der Waals surface area contributed by atoms with E-state index in [0.29, 0.717) is 5.56 Å². The second kappa shape index (κ2) is 5.06. The number of carbonyl (C=O) groups is 1. The molecular formula is C14H18FNO2. The Morgan fingerprint density at radius 1 is 1.44 bits per heavy atom. The van der Waals surface area contributed by atoms with Crippen LogP contribution in [0.2, 0.25) is 0 Å². The molecule has 0 aromatic heterocycles. The summed E-state index contributed by atoms with van der Waals surface area (Å²) in [6.07, 6.45) is 2.97. The largest absolute Gasteiger partial charge is 0.384 e. The Morgan fingerprint density at radius 2 is 2.06 bits per heavy atom. The molecule has 4 heteroatoms. The lowest BCUT2D eigenvalue weighted by atomic mass is 9.84. The standard InChI is InChI=1S/C14H18FNO2/c1-14(18,11-5-7-12(15)8-6-11)9-16-13(17)10-3-2-4-10/h5-8,10,18H,2-4,9H2,1H3,(H,16,17). The molecule has 0 spiro atoms. The lowest BCUT2D eigenvalue weighted by molar-refractivity contribution is -0.128. The molecule has 0 aliphatic heterocycles. The fourth-order valence-corrected chi connectivity index (χ4v) is 1.99. The molecule has 1 unspecified atom stereocenters. The van der Waals surface area contributed by atoms with E-state index in [1.54, 1.807) is 6.92 Å². The van der Waals surface area contributed by atoms with Crippen molar-refractivity contribution in [1.82, 2.24) is 5.32 Å². The Labute approximate surface area is 106 Å². The monoisotopic (exact) mass is 251 g/mol. The summed E-state index contributed by atoms with van der Waals surface area (Å²) in [6, 6.07) is 5.67. The number of nitrogens with one attached hydrogen (secondary N) is 1. The normalized spacial score (nSPS) is 18.8.